The summed E-state index contributed by atoms with van der Waals surface area (Å²) >= 11 is 0. The lowest BCUT2D eigenvalue weighted by molar-refractivity contribution is -0.161. The summed E-state index contributed by atoms with van der Waals surface area (Å²) in [6.45, 7) is 3.95. The molecule has 5 heteroatoms. The average molecular weight is 695 g/mol. The van der Waals surface area contributed by atoms with Crippen LogP contribution in [0.1, 0.15) is 168 Å². The molecule has 0 aliphatic carbocycles. The normalized spacial score (nSPS) is 13.1. The molecule has 284 valence electrons. The van der Waals surface area contributed by atoms with Crippen molar-refractivity contribution in [3.05, 3.63) is 85.1 Å². The lowest BCUT2D eigenvalue weighted by Crippen LogP contribution is -2.28. The number of unbranched alkanes of at least 4 members (excludes halogenated alkanes) is 13. The van der Waals surface area contributed by atoms with Gasteiger partial charge in [-0.25, -0.2) is 0 Å². The molecule has 0 aromatic carbocycles. The number of carbonyl (C=O) groups excluding carboxylic acids is 2. The van der Waals surface area contributed by atoms with Crippen molar-refractivity contribution in [1.82, 2.24) is 0 Å². The molecule has 0 saturated carbocycles. The standard InChI is InChI=1S/C45H74O5/c1-3-5-7-9-11-13-15-17-19-21-22-24-25-27-29-31-33-35-37-39-44(47)49-42-43(41-46)50-45(48)40-38-36-34-32-30-28-26-23-20-18-16-14-12-10-8-6-4-2/h5,7,11-14,17-20,22,24,27,29,43,46H,3-4,6,8-10,15-16,21,23,25-26,28,30-42H2,1-2H3/b7-5+,13-11+,14-12+,19-17+,20-18+,24-22+,29-27+/t43-/m0/s1. The van der Waals surface area contributed by atoms with E-state index in [9.17, 15) is 14.7 Å². The Morgan fingerprint density at radius 2 is 0.860 bits per heavy atom. The zero-order chi connectivity index (χ0) is 36.4. The Labute approximate surface area is 307 Å². The van der Waals surface area contributed by atoms with E-state index in [0.717, 1.165) is 89.9 Å². The maximum atomic E-state index is 12.2. The first-order chi connectivity index (χ1) is 24.6. The molecule has 0 rings (SSSR count). The maximum Gasteiger partial charge on any atom is 0.306 e. The monoisotopic (exact) mass is 695 g/mol. The van der Waals surface area contributed by atoms with E-state index in [1.165, 1.54) is 51.4 Å². The van der Waals surface area contributed by atoms with Gasteiger partial charge in [-0.15, -0.1) is 0 Å². The van der Waals surface area contributed by atoms with Crippen LogP contribution in [0.3, 0.4) is 0 Å². The molecule has 1 N–H and O–H groups in total. The fourth-order valence-electron chi connectivity index (χ4n) is 5.14. The van der Waals surface area contributed by atoms with Crippen LogP contribution in [0.25, 0.3) is 0 Å². The number of hydrogen-bond donors (Lipinski definition) is 1. The fourth-order valence-corrected chi connectivity index (χ4v) is 5.14. The molecular formula is C45H74O5. The molecule has 0 unspecified atom stereocenters. The van der Waals surface area contributed by atoms with Crippen LogP contribution in [-0.2, 0) is 19.1 Å². The lowest BCUT2D eigenvalue weighted by atomic mass is 10.1. The van der Waals surface area contributed by atoms with Crippen LogP contribution in [-0.4, -0.2) is 36.4 Å². The Kier molecular flexibility index (Phi) is 38.1. The smallest absolute Gasteiger partial charge is 0.306 e. The topological polar surface area (TPSA) is 72.8 Å². The maximum absolute atomic E-state index is 12.2. The molecule has 0 fully saturated rings. The third-order valence-corrected chi connectivity index (χ3v) is 8.17. The van der Waals surface area contributed by atoms with Gasteiger partial charge in [-0.05, 0) is 89.9 Å². The molecule has 0 aromatic rings. The van der Waals surface area contributed by atoms with Gasteiger partial charge in [0.2, 0.25) is 0 Å². The van der Waals surface area contributed by atoms with Gasteiger partial charge in [-0.2, -0.15) is 0 Å². The summed E-state index contributed by atoms with van der Waals surface area (Å²) in [7, 11) is 0. The molecular weight excluding hydrogens is 620 g/mol. The van der Waals surface area contributed by atoms with E-state index in [1.807, 2.05) is 0 Å². The predicted molar refractivity (Wildman–Crippen MR) is 214 cm³/mol. The van der Waals surface area contributed by atoms with Crippen molar-refractivity contribution in [3.63, 3.8) is 0 Å². The van der Waals surface area contributed by atoms with E-state index in [-0.39, 0.29) is 25.2 Å². The highest BCUT2D eigenvalue weighted by Crippen LogP contribution is 2.12. The minimum absolute atomic E-state index is 0.0912. The Balaban J connectivity index is 3.67. The quantitative estimate of drug-likeness (QED) is 0.0406. The van der Waals surface area contributed by atoms with E-state index in [0.29, 0.717) is 12.8 Å². The minimum atomic E-state index is -0.794. The van der Waals surface area contributed by atoms with Crippen molar-refractivity contribution in [3.8, 4) is 0 Å². The van der Waals surface area contributed by atoms with Crippen molar-refractivity contribution in [2.24, 2.45) is 0 Å². The predicted octanol–water partition coefficient (Wildman–Crippen LogP) is 12.7. The Morgan fingerprint density at radius 1 is 0.480 bits per heavy atom. The number of ether oxygens (including phenoxy) is 2. The first kappa shape index (κ1) is 47.1. The molecule has 0 heterocycles. The molecule has 0 aliphatic rings. The van der Waals surface area contributed by atoms with Crippen molar-refractivity contribution in [1.29, 1.82) is 0 Å². The summed E-state index contributed by atoms with van der Waals surface area (Å²) in [4.78, 5) is 24.3. The number of carbonyl (C=O) groups is 2. The van der Waals surface area contributed by atoms with Crippen LogP contribution in [0.2, 0.25) is 0 Å². The average Bonchev–Trinajstić information content (AvgIpc) is 3.12. The number of aliphatic hydroxyl groups excluding tert-OH is 1. The first-order valence-corrected chi connectivity index (χ1v) is 20.1. The zero-order valence-corrected chi connectivity index (χ0v) is 32.1. The highest BCUT2D eigenvalue weighted by molar-refractivity contribution is 5.70. The Hall–Kier alpha value is -2.92. The summed E-state index contributed by atoms with van der Waals surface area (Å²) in [5, 5.41) is 9.56. The van der Waals surface area contributed by atoms with Gasteiger partial charge >= 0.3 is 11.9 Å². The number of allylic oxidation sites excluding steroid dienone is 14. The first-order valence-electron chi connectivity index (χ1n) is 20.1. The van der Waals surface area contributed by atoms with Gasteiger partial charge in [0.1, 0.15) is 6.61 Å². The second-order valence-corrected chi connectivity index (χ2v) is 13.0. The number of rotatable bonds is 35. The lowest BCUT2D eigenvalue weighted by Gasteiger charge is -2.15. The van der Waals surface area contributed by atoms with Gasteiger partial charge in [0.25, 0.3) is 0 Å². The van der Waals surface area contributed by atoms with Crippen LogP contribution >= 0.6 is 0 Å². The van der Waals surface area contributed by atoms with Gasteiger partial charge in [-0.3, -0.25) is 9.59 Å². The minimum Gasteiger partial charge on any atom is -0.462 e. The molecule has 0 radical (unpaired) electrons. The largest absolute Gasteiger partial charge is 0.462 e. The molecule has 0 aromatic heterocycles. The molecule has 0 aliphatic heterocycles. The summed E-state index contributed by atoms with van der Waals surface area (Å²) in [5.74, 6) is -0.645. The van der Waals surface area contributed by atoms with Crippen LogP contribution < -0.4 is 0 Å². The molecule has 0 bridgehead atoms. The van der Waals surface area contributed by atoms with Gasteiger partial charge in [-0.1, -0.05) is 150 Å². The molecule has 0 saturated heterocycles. The highest BCUT2D eigenvalue weighted by atomic mass is 16.6. The molecule has 50 heavy (non-hydrogen) atoms. The van der Waals surface area contributed by atoms with E-state index >= 15 is 0 Å². The van der Waals surface area contributed by atoms with Crippen molar-refractivity contribution in [2.75, 3.05) is 13.2 Å². The molecule has 0 spiro atoms. The fraction of sp³-hybridized carbons (Fsp3) is 0.644. The van der Waals surface area contributed by atoms with Gasteiger partial charge < -0.3 is 14.6 Å². The summed E-state index contributed by atoms with van der Waals surface area (Å²) in [6.07, 6.45) is 54.9. The SMILES string of the molecule is CC/C=C/C/C=C/C/C=C/C/C=C/C/C=C/CCCCCC(=O)OC[C@H](CO)OC(=O)CCCCCCCCC/C=C/C/C=C/CCCCC. The molecule has 0 amide bonds. The second kappa shape index (κ2) is 40.5. The Bertz CT molecular complexity index is 968. The van der Waals surface area contributed by atoms with Gasteiger partial charge in [0.15, 0.2) is 6.10 Å². The third kappa shape index (κ3) is 37.9. The summed E-state index contributed by atoms with van der Waals surface area (Å²) in [5.41, 5.74) is 0. The third-order valence-electron chi connectivity index (χ3n) is 8.17. The van der Waals surface area contributed by atoms with Gasteiger partial charge in [0.05, 0.1) is 6.61 Å². The highest BCUT2D eigenvalue weighted by Gasteiger charge is 2.16. The van der Waals surface area contributed by atoms with Crippen LogP contribution in [0.4, 0.5) is 0 Å². The van der Waals surface area contributed by atoms with E-state index in [1.54, 1.807) is 0 Å². The summed E-state index contributed by atoms with van der Waals surface area (Å²) < 4.78 is 10.6. The molecule has 1 atom stereocenters. The van der Waals surface area contributed by atoms with Crippen LogP contribution in [0.5, 0.6) is 0 Å². The van der Waals surface area contributed by atoms with E-state index in [2.05, 4.69) is 98.9 Å². The van der Waals surface area contributed by atoms with Crippen LogP contribution in [0, 0.1) is 0 Å². The zero-order valence-electron chi connectivity index (χ0n) is 32.1. The number of aliphatic hydroxyl groups is 1. The van der Waals surface area contributed by atoms with E-state index < -0.39 is 6.10 Å². The van der Waals surface area contributed by atoms with Crippen LogP contribution in [0.15, 0.2) is 85.1 Å². The number of hydrogen-bond acceptors (Lipinski definition) is 5. The van der Waals surface area contributed by atoms with Gasteiger partial charge in [0, 0.05) is 12.8 Å². The number of esters is 2. The van der Waals surface area contributed by atoms with Crippen molar-refractivity contribution in [2.45, 2.75) is 174 Å². The summed E-state index contributed by atoms with van der Waals surface area (Å²) in [6, 6.07) is 0. The van der Waals surface area contributed by atoms with Crippen molar-refractivity contribution < 1.29 is 24.2 Å². The van der Waals surface area contributed by atoms with E-state index in [4.69, 9.17) is 9.47 Å². The molecule has 5 nitrogen and oxygen atoms in total. The Morgan fingerprint density at radius 3 is 1.32 bits per heavy atom. The second-order valence-electron chi connectivity index (χ2n) is 13.0. The van der Waals surface area contributed by atoms with Crippen molar-refractivity contribution >= 4 is 11.9 Å².